The van der Waals surface area contributed by atoms with E-state index in [-0.39, 0.29) is 35.1 Å². The van der Waals surface area contributed by atoms with Crippen LogP contribution in [0.15, 0.2) is 23.3 Å². The summed E-state index contributed by atoms with van der Waals surface area (Å²) in [7, 11) is 0. The molecule has 1 aliphatic heterocycles. The van der Waals surface area contributed by atoms with Gasteiger partial charge < -0.3 is 4.74 Å². The second-order valence-corrected chi connectivity index (χ2v) is 9.75. The molecule has 0 N–H and O–H groups in total. The van der Waals surface area contributed by atoms with Gasteiger partial charge in [-0.1, -0.05) is 32.3 Å². The average Bonchev–Trinajstić information content (AvgIpc) is 2.92. The van der Waals surface area contributed by atoms with Gasteiger partial charge in [-0.3, -0.25) is 9.59 Å². The first-order valence-electron chi connectivity index (χ1n) is 9.76. The van der Waals surface area contributed by atoms with Crippen LogP contribution in [0, 0.1) is 17.3 Å². The predicted octanol–water partition coefficient (Wildman–Crippen LogP) is 4.47. The van der Waals surface area contributed by atoms with E-state index in [1.165, 1.54) is 32.1 Å². The van der Waals surface area contributed by atoms with Gasteiger partial charge in [0.05, 0.1) is 5.92 Å². The molecule has 0 aromatic heterocycles. The first-order valence-corrected chi connectivity index (χ1v) is 10.8. The van der Waals surface area contributed by atoms with Crippen molar-refractivity contribution < 1.29 is 14.3 Å². The van der Waals surface area contributed by atoms with Gasteiger partial charge in [0.15, 0.2) is 5.78 Å². The molecule has 3 nitrogen and oxygen atoms in total. The number of rotatable bonds is 3. The summed E-state index contributed by atoms with van der Waals surface area (Å²) in [4.78, 5) is 24.8. The lowest BCUT2D eigenvalue weighted by molar-refractivity contribution is -0.143. The zero-order valence-electron chi connectivity index (χ0n) is 15.3. The van der Waals surface area contributed by atoms with Crippen molar-refractivity contribution in [2.45, 2.75) is 70.1 Å². The van der Waals surface area contributed by atoms with E-state index in [1.807, 2.05) is 24.8 Å². The maximum Gasteiger partial charge on any atom is 0.310 e. The van der Waals surface area contributed by atoms with E-state index in [4.69, 9.17) is 4.74 Å². The van der Waals surface area contributed by atoms with Crippen LogP contribution in [0.2, 0.25) is 0 Å². The van der Waals surface area contributed by atoms with Crippen LogP contribution in [-0.2, 0) is 14.3 Å². The van der Waals surface area contributed by atoms with Crippen LogP contribution >= 0.6 is 11.8 Å². The van der Waals surface area contributed by atoms with E-state index in [0.717, 1.165) is 35.0 Å². The fourth-order valence-electron chi connectivity index (χ4n) is 5.23. The minimum absolute atomic E-state index is 0.00258. The molecule has 3 aliphatic carbocycles. The molecule has 0 unspecified atom stereocenters. The summed E-state index contributed by atoms with van der Waals surface area (Å²) in [5.74, 6) is 1.18. The Morgan fingerprint density at radius 2 is 1.96 bits per heavy atom. The maximum atomic E-state index is 12.6. The van der Waals surface area contributed by atoms with Crippen LogP contribution in [0.1, 0.15) is 58.8 Å². The minimum Gasteiger partial charge on any atom is -0.457 e. The van der Waals surface area contributed by atoms with Crippen LogP contribution in [0.25, 0.3) is 0 Å². The van der Waals surface area contributed by atoms with Crippen LogP contribution in [-0.4, -0.2) is 28.9 Å². The van der Waals surface area contributed by atoms with Crippen molar-refractivity contribution in [2.24, 2.45) is 17.3 Å². The van der Waals surface area contributed by atoms with Crippen LogP contribution < -0.4 is 0 Å². The number of carbonyl (C=O) groups is 2. The molecular formula is C21H28O3S. The molecule has 4 heteroatoms. The highest BCUT2D eigenvalue weighted by Gasteiger charge is 2.54. The molecule has 0 radical (unpaired) electrons. The lowest BCUT2D eigenvalue weighted by atomic mass is 9.62. The minimum atomic E-state index is -0.183. The molecule has 3 fully saturated rings. The highest BCUT2D eigenvalue weighted by Crippen LogP contribution is 2.53. The molecule has 136 valence electrons. The van der Waals surface area contributed by atoms with Crippen molar-refractivity contribution in [2.75, 3.05) is 5.75 Å². The van der Waals surface area contributed by atoms with Crippen molar-refractivity contribution >= 4 is 23.5 Å². The van der Waals surface area contributed by atoms with Crippen LogP contribution in [0.3, 0.4) is 0 Å². The van der Waals surface area contributed by atoms with Crippen molar-refractivity contribution in [3.63, 3.8) is 0 Å². The Morgan fingerprint density at radius 3 is 2.72 bits per heavy atom. The fourth-order valence-corrected chi connectivity index (χ4v) is 6.76. The molecule has 4 atom stereocenters. The third-order valence-electron chi connectivity index (χ3n) is 6.79. The van der Waals surface area contributed by atoms with Crippen LogP contribution in [0.5, 0.6) is 0 Å². The third kappa shape index (κ3) is 3.01. The number of thioether (sulfide) groups is 1. The van der Waals surface area contributed by atoms with Gasteiger partial charge in [-0.15, -0.1) is 0 Å². The molecule has 0 spiro atoms. The highest BCUT2D eigenvalue weighted by molar-refractivity contribution is 7.99. The number of allylic oxidation sites excluding steroid dienone is 3. The standard InChI is InChI=1S/C21H28O3S/c1-13-17(22)9-11-21(2)10-8-15-16(20(23)24-19(15)18(13)21)12-25-14-6-4-3-5-7-14/h9,11,14-16,19H,3-8,10,12H2,1-2H3/t15-,16-,19-,21-/m0/s1. The fraction of sp³-hybridized carbons (Fsp3) is 0.714. The summed E-state index contributed by atoms with van der Waals surface area (Å²) >= 11 is 1.99. The molecule has 4 aliphatic rings. The summed E-state index contributed by atoms with van der Waals surface area (Å²) in [6, 6.07) is 0. The lowest BCUT2D eigenvalue weighted by Crippen LogP contribution is -2.40. The zero-order chi connectivity index (χ0) is 17.6. The first kappa shape index (κ1) is 17.4. The quantitative estimate of drug-likeness (QED) is 0.697. The topological polar surface area (TPSA) is 43.4 Å². The summed E-state index contributed by atoms with van der Waals surface area (Å²) in [5, 5.41) is 0.717. The highest BCUT2D eigenvalue weighted by atomic mass is 32.2. The van der Waals surface area contributed by atoms with Gasteiger partial charge in [-0.25, -0.2) is 0 Å². The average molecular weight is 361 g/mol. The Kier molecular flexibility index (Phi) is 4.59. The molecule has 0 bridgehead atoms. The lowest BCUT2D eigenvalue weighted by Gasteiger charge is -2.43. The predicted molar refractivity (Wildman–Crippen MR) is 100 cm³/mol. The molecule has 1 heterocycles. The van der Waals surface area contributed by atoms with E-state index >= 15 is 0 Å². The number of fused-ring (bicyclic) bond motifs is 3. The van der Waals surface area contributed by atoms with E-state index < -0.39 is 0 Å². The van der Waals surface area contributed by atoms with E-state index in [1.54, 1.807) is 6.08 Å². The van der Waals surface area contributed by atoms with E-state index in [2.05, 4.69) is 6.92 Å². The number of ketones is 1. The van der Waals surface area contributed by atoms with E-state index in [0.29, 0.717) is 0 Å². The monoisotopic (exact) mass is 360 g/mol. The zero-order valence-corrected chi connectivity index (χ0v) is 16.1. The maximum absolute atomic E-state index is 12.6. The summed E-state index contributed by atoms with van der Waals surface area (Å²) in [6.45, 7) is 4.09. The number of hydrogen-bond acceptors (Lipinski definition) is 4. The van der Waals surface area contributed by atoms with Gasteiger partial charge in [0.2, 0.25) is 0 Å². The van der Waals surface area contributed by atoms with Crippen LogP contribution in [0.4, 0.5) is 0 Å². The Balaban J connectivity index is 1.52. The molecule has 25 heavy (non-hydrogen) atoms. The van der Waals surface area contributed by atoms with Gasteiger partial charge >= 0.3 is 5.97 Å². The Labute approximate surface area is 154 Å². The largest absolute Gasteiger partial charge is 0.457 e. The molecule has 1 saturated heterocycles. The molecule has 0 amide bonds. The Bertz CT molecular complexity index is 644. The second-order valence-electron chi connectivity index (χ2n) is 8.41. The molecule has 0 aromatic carbocycles. The number of hydrogen-bond donors (Lipinski definition) is 0. The summed E-state index contributed by atoms with van der Waals surface area (Å²) in [5.41, 5.74) is 1.76. The summed E-state index contributed by atoms with van der Waals surface area (Å²) < 4.78 is 5.87. The smallest absolute Gasteiger partial charge is 0.310 e. The first-order chi connectivity index (χ1) is 12.0. The van der Waals surface area contributed by atoms with Crippen molar-refractivity contribution in [3.8, 4) is 0 Å². The van der Waals surface area contributed by atoms with Crippen molar-refractivity contribution in [1.82, 2.24) is 0 Å². The Hall–Kier alpha value is -1.03. The molecule has 0 aromatic rings. The third-order valence-corrected chi connectivity index (χ3v) is 8.28. The van der Waals surface area contributed by atoms with E-state index in [9.17, 15) is 9.59 Å². The number of ether oxygens (including phenoxy) is 1. The molecule has 2 saturated carbocycles. The van der Waals surface area contributed by atoms with Crippen molar-refractivity contribution in [1.29, 1.82) is 0 Å². The molecular weight excluding hydrogens is 332 g/mol. The van der Waals surface area contributed by atoms with Gasteiger partial charge in [0.1, 0.15) is 6.10 Å². The van der Waals surface area contributed by atoms with Gasteiger partial charge in [0, 0.05) is 27.9 Å². The van der Waals surface area contributed by atoms with Crippen molar-refractivity contribution in [3.05, 3.63) is 23.3 Å². The number of carbonyl (C=O) groups excluding carboxylic acids is 2. The SMILES string of the molecule is CC1=C2[C@H]3OC(=O)[C@@H](CSC4CCCCC4)[C@@H]3CC[C@@]2(C)C=CC1=O. The normalized spacial score (nSPS) is 38.6. The van der Waals surface area contributed by atoms with Gasteiger partial charge in [-0.05, 0) is 44.3 Å². The van der Waals surface area contributed by atoms with Gasteiger partial charge in [-0.2, -0.15) is 11.8 Å². The Morgan fingerprint density at radius 1 is 1.20 bits per heavy atom. The van der Waals surface area contributed by atoms with Gasteiger partial charge in [0.25, 0.3) is 0 Å². The number of esters is 1. The summed E-state index contributed by atoms with van der Waals surface area (Å²) in [6.07, 6.45) is 12.2. The second kappa shape index (κ2) is 6.61. The molecule has 4 rings (SSSR count).